The summed E-state index contributed by atoms with van der Waals surface area (Å²) in [6.07, 6.45) is 4.67. The summed E-state index contributed by atoms with van der Waals surface area (Å²) in [4.78, 5) is 14.9. The van der Waals surface area contributed by atoms with E-state index < -0.39 is 0 Å². The molecule has 0 fully saturated rings. The number of nitrogens with zero attached hydrogens (tertiary/aromatic N) is 1. The smallest absolute Gasteiger partial charge is 0.261 e. The Bertz CT molecular complexity index is 886. The van der Waals surface area contributed by atoms with Gasteiger partial charge in [-0.05, 0) is 29.7 Å². The van der Waals surface area contributed by atoms with Gasteiger partial charge >= 0.3 is 0 Å². The summed E-state index contributed by atoms with van der Waals surface area (Å²) < 4.78 is 11.7. The molecule has 0 saturated heterocycles. The second kappa shape index (κ2) is 13.2. The lowest BCUT2D eigenvalue weighted by atomic mass is 10.1. The van der Waals surface area contributed by atoms with Gasteiger partial charge in [0.05, 0.1) is 6.61 Å². The van der Waals surface area contributed by atoms with Gasteiger partial charge in [-0.25, -0.2) is 0 Å². The highest BCUT2D eigenvalue weighted by Gasteiger charge is 2.16. The van der Waals surface area contributed by atoms with Crippen LogP contribution >= 0.6 is 0 Å². The van der Waals surface area contributed by atoms with Gasteiger partial charge in [0, 0.05) is 19.2 Å². The summed E-state index contributed by atoms with van der Waals surface area (Å²) in [5.74, 6) is 1.37. The minimum absolute atomic E-state index is 0.0143. The summed E-state index contributed by atoms with van der Waals surface area (Å²) >= 11 is 0. The molecule has 0 N–H and O–H groups in total. The Hall–Kier alpha value is -3.27. The molecule has 0 spiro atoms. The first-order chi connectivity index (χ1) is 15.7. The van der Waals surface area contributed by atoms with Crippen molar-refractivity contribution >= 4 is 5.91 Å². The van der Waals surface area contributed by atoms with Crippen molar-refractivity contribution in [3.63, 3.8) is 0 Å². The van der Waals surface area contributed by atoms with E-state index in [1.165, 1.54) is 19.3 Å². The molecule has 0 aromatic heterocycles. The summed E-state index contributed by atoms with van der Waals surface area (Å²) in [6.45, 7) is 3.96. The molecule has 4 nitrogen and oxygen atoms in total. The predicted molar refractivity (Wildman–Crippen MR) is 129 cm³/mol. The SMILES string of the molecule is CCCCCCOc1cccc(OCC(=O)N(Cc2ccccc2)Cc2ccccc2)c1. The second-order valence-corrected chi connectivity index (χ2v) is 7.89. The minimum Gasteiger partial charge on any atom is -0.493 e. The number of amides is 1. The van der Waals surface area contributed by atoms with Crippen LogP contribution in [0.15, 0.2) is 84.9 Å². The van der Waals surface area contributed by atoms with Crippen LogP contribution in [-0.2, 0) is 17.9 Å². The van der Waals surface area contributed by atoms with Crippen molar-refractivity contribution in [2.24, 2.45) is 0 Å². The fraction of sp³-hybridized carbons (Fsp3) is 0.321. The second-order valence-electron chi connectivity index (χ2n) is 7.89. The van der Waals surface area contributed by atoms with E-state index in [4.69, 9.17) is 9.47 Å². The first-order valence-electron chi connectivity index (χ1n) is 11.5. The highest BCUT2D eigenvalue weighted by Crippen LogP contribution is 2.20. The molecule has 168 valence electrons. The van der Waals surface area contributed by atoms with Crippen LogP contribution in [0.1, 0.15) is 43.7 Å². The molecule has 4 heteroatoms. The molecule has 32 heavy (non-hydrogen) atoms. The Morgan fingerprint density at radius 3 is 1.91 bits per heavy atom. The van der Waals surface area contributed by atoms with Gasteiger partial charge in [-0.15, -0.1) is 0 Å². The minimum atomic E-state index is -0.0522. The van der Waals surface area contributed by atoms with E-state index >= 15 is 0 Å². The Labute approximate surface area is 191 Å². The molecule has 3 rings (SSSR count). The molecule has 1 amide bonds. The largest absolute Gasteiger partial charge is 0.493 e. The summed E-state index contributed by atoms with van der Waals surface area (Å²) in [5.41, 5.74) is 2.19. The lowest BCUT2D eigenvalue weighted by Crippen LogP contribution is -2.34. The Morgan fingerprint density at radius 1 is 0.719 bits per heavy atom. The number of rotatable bonds is 13. The molecule has 0 aliphatic carbocycles. The molecule has 0 unspecified atom stereocenters. The lowest BCUT2D eigenvalue weighted by Gasteiger charge is -2.23. The number of carbonyl (C=O) groups excluding carboxylic acids is 1. The molecule has 0 aliphatic heterocycles. The van der Waals surface area contributed by atoms with Crippen LogP contribution in [-0.4, -0.2) is 24.0 Å². The molecular weight excluding hydrogens is 398 g/mol. The van der Waals surface area contributed by atoms with E-state index in [2.05, 4.69) is 6.92 Å². The maximum absolute atomic E-state index is 13.1. The maximum Gasteiger partial charge on any atom is 0.261 e. The number of benzene rings is 3. The highest BCUT2D eigenvalue weighted by atomic mass is 16.5. The Kier molecular flexibility index (Phi) is 9.66. The Morgan fingerprint density at radius 2 is 1.31 bits per heavy atom. The third-order valence-electron chi connectivity index (χ3n) is 5.22. The van der Waals surface area contributed by atoms with E-state index in [1.54, 1.807) is 0 Å². The van der Waals surface area contributed by atoms with Crippen LogP contribution < -0.4 is 9.47 Å². The molecule has 0 heterocycles. The molecule has 3 aromatic carbocycles. The van der Waals surface area contributed by atoms with Crippen molar-refractivity contribution in [3.8, 4) is 11.5 Å². The molecule has 0 atom stereocenters. The van der Waals surface area contributed by atoms with Gasteiger partial charge in [0.1, 0.15) is 11.5 Å². The van der Waals surface area contributed by atoms with Gasteiger partial charge in [0.2, 0.25) is 0 Å². The average Bonchev–Trinajstić information content (AvgIpc) is 2.83. The fourth-order valence-corrected chi connectivity index (χ4v) is 3.45. The third-order valence-corrected chi connectivity index (χ3v) is 5.22. The van der Waals surface area contributed by atoms with Crippen molar-refractivity contribution < 1.29 is 14.3 Å². The zero-order chi connectivity index (χ0) is 22.4. The lowest BCUT2D eigenvalue weighted by molar-refractivity contribution is -0.134. The topological polar surface area (TPSA) is 38.8 Å². The third kappa shape index (κ3) is 8.10. The van der Waals surface area contributed by atoms with Gasteiger partial charge in [0.25, 0.3) is 5.91 Å². The summed E-state index contributed by atoms with van der Waals surface area (Å²) in [7, 11) is 0. The van der Waals surface area contributed by atoms with E-state index in [0.717, 1.165) is 23.3 Å². The van der Waals surface area contributed by atoms with Crippen LogP contribution in [0.3, 0.4) is 0 Å². The molecular formula is C28H33NO3. The number of hydrogen-bond donors (Lipinski definition) is 0. The standard InChI is InChI=1S/C28H33NO3/c1-2-3-4-11-19-31-26-17-12-18-27(20-26)32-23-28(30)29(21-24-13-7-5-8-14-24)22-25-15-9-6-10-16-25/h5-10,12-18,20H,2-4,11,19,21-23H2,1H3. The number of carbonyl (C=O) groups is 1. The van der Waals surface area contributed by atoms with Crippen LogP contribution in [0.25, 0.3) is 0 Å². The van der Waals surface area contributed by atoms with Crippen LogP contribution in [0.5, 0.6) is 11.5 Å². The Balaban J connectivity index is 1.57. The van der Waals surface area contributed by atoms with Gasteiger partial charge < -0.3 is 14.4 Å². The van der Waals surface area contributed by atoms with E-state index in [1.807, 2.05) is 89.8 Å². The molecule has 0 aliphatic rings. The molecule has 3 aromatic rings. The number of unbranched alkanes of at least 4 members (excludes halogenated alkanes) is 3. The summed E-state index contributed by atoms with van der Waals surface area (Å²) in [6, 6.07) is 27.6. The van der Waals surface area contributed by atoms with Crippen molar-refractivity contribution in [1.29, 1.82) is 0 Å². The zero-order valence-electron chi connectivity index (χ0n) is 18.9. The first kappa shape index (κ1) is 23.4. The van der Waals surface area contributed by atoms with Crippen molar-refractivity contribution in [2.45, 2.75) is 45.7 Å². The van der Waals surface area contributed by atoms with Crippen molar-refractivity contribution in [3.05, 3.63) is 96.1 Å². The van der Waals surface area contributed by atoms with Gasteiger partial charge in [0.15, 0.2) is 6.61 Å². The number of hydrogen-bond acceptors (Lipinski definition) is 3. The van der Waals surface area contributed by atoms with Crippen molar-refractivity contribution in [1.82, 2.24) is 4.90 Å². The van der Waals surface area contributed by atoms with Crippen LogP contribution in [0.4, 0.5) is 0 Å². The first-order valence-corrected chi connectivity index (χ1v) is 11.5. The van der Waals surface area contributed by atoms with Crippen LogP contribution in [0.2, 0.25) is 0 Å². The maximum atomic E-state index is 13.1. The molecule has 0 radical (unpaired) electrons. The zero-order valence-corrected chi connectivity index (χ0v) is 18.9. The highest BCUT2D eigenvalue weighted by molar-refractivity contribution is 5.77. The molecule has 0 saturated carbocycles. The van der Waals surface area contributed by atoms with Crippen molar-refractivity contribution in [2.75, 3.05) is 13.2 Å². The van der Waals surface area contributed by atoms with E-state index in [-0.39, 0.29) is 12.5 Å². The quantitative estimate of drug-likeness (QED) is 0.300. The average molecular weight is 432 g/mol. The normalized spacial score (nSPS) is 10.5. The summed E-state index contributed by atoms with van der Waals surface area (Å²) in [5, 5.41) is 0. The van der Waals surface area contributed by atoms with Gasteiger partial charge in [-0.3, -0.25) is 4.79 Å². The molecule has 0 bridgehead atoms. The fourth-order valence-electron chi connectivity index (χ4n) is 3.45. The monoisotopic (exact) mass is 431 g/mol. The van der Waals surface area contributed by atoms with E-state index in [9.17, 15) is 4.79 Å². The van der Waals surface area contributed by atoms with Gasteiger partial charge in [-0.1, -0.05) is 92.9 Å². The van der Waals surface area contributed by atoms with Gasteiger partial charge in [-0.2, -0.15) is 0 Å². The van der Waals surface area contributed by atoms with E-state index in [0.29, 0.717) is 25.4 Å². The predicted octanol–water partition coefficient (Wildman–Crippen LogP) is 6.25. The van der Waals surface area contributed by atoms with Crippen LogP contribution in [0, 0.1) is 0 Å². The number of ether oxygens (including phenoxy) is 2.